The quantitative estimate of drug-likeness (QED) is 0.693. The fourth-order valence-electron chi connectivity index (χ4n) is 2.49. The van der Waals surface area contributed by atoms with Crippen LogP contribution in [0.25, 0.3) is 0 Å². The molecular weight excluding hydrogens is 326 g/mol. The zero-order chi connectivity index (χ0) is 19.5. The molecule has 24 heavy (non-hydrogen) atoms. The van der Waals surface area contributed by atoms with Crippen molar-refractivity contribution < 1.29 is 13.2 Å². The minimum Gasteiger partial charge on any atom is -0.348 e. The zero-order valence-corrected chi connectivity index (χ0v) is 18.0. The third kappa shape index (κ3) is 7.49. The van der Waals surface area contributed by atoms with Crippen LogP contribution >= 0.6 is 0 Å². The van der Waals surface area contributed by atoms with Crippen LogP contribution in [0, 0.1) is 5.41 Å². The van der Waals surface area contributed by atoms with Gasteiger partial charge in [0.1, 0.15) is 0 Å². The van der Waals surface area contributed by atoms with E-state index in [9.17, 15) is 13.2 Å². The normalized spacial score (nSPS) is 15.0. The van der Waals surface area contributed by atoms with Gasteiger partial charge in [0.2, 0.25) is 15.9 Å². The highest BCUT2D eigenvalue weighted by atomic mass is 32.2. The molecule has 7 heteroatoms. The monoisotopic (exact) mass is 363 g/mol. The van der Waals surface area contributed by atoms with Crippen molar-refractivity contribution in [2.45, 2.75) is 60.0 Å². The molecule has 0 radical (unpaired) electrons. The first kappa shape index (κ1) is 23.3. The number of carbonyl (C=O) groups excluding carboxylic acids is 1. The van der Waals surface area contributed by atoms with Crippen molar-refractivity contribution in [1.82, 2.24) is 14.1 Å². The van der Waals surface area contributed by atoms with Crippen LogP contribution in [0.15, 0.2) is 0 Å². The average Bonchev–Trinajstić information content (AvgIpc) is 2.31. The summed E-state index contributed by atoms with van der Waals surface area (Å²) in [4.78, 5) is 15.8. The van der Waals surface area contributed by atoms with Crippen LogP contribution in [0.3, 0.4) is 0 Å². The van der Waals surface area contributed by atoms with E-state index in [0.717, 1.165) is 0 Å². The van der Waals surface area contributed by atoms with Gasteiger partial charge in [-0.25, -0.2) is 8.42 Å². The molecule has 0 bridgehead atoms. The standard InChI is InChI=1S/C17H37N3O3S/c1-14(16(2,3)4)19(13-15(21)18(8)9)11-12-20(17(5,6)7)24(10,22)23/h14H,11-13H2,1-10H3. The number of hydrogen-bond acceptors (Lipinski definition) is 4. The van der Waals surface area contributed by atoms with E-state index in [1.165, 1.54) is 10.6 Å². The van der Waals surface area contributed by atoms with E-state index in [1.807, 2.05) is 20.8 Å². The van der Waals surface area contributed by atoms with Gasteiger partial charge in [0.05, 0.1) is 12.8 Å². The predicted octanol–water partition coefficient (Wildman–Crippen LogP) is 1.87. The van der Waals surface area contributed by atoms with Crippen LogP contribution in [0.1, 0.15) is 48.5 Å². The molecule has 1 unspecified atom stereocenters. The van der Waals surface area contributed by atoms with E-state index in [1.54, 1.807) is 19.0 Å². The van der Waals surface area contributed by atoms with Crippen molar-refractivity contribution in [3.05, 3.63) is 0 Å². The summed E-state index contributed by atoms with van der Waals surface area (Å²) in [6.07, 6.45) is 1.24. The van der Waals surface area contributed by atoms with E-state index < -0.39 is 15.6 Å². The molecule has 144 valence electrons. The SMILES string of the molecule is CC(N(CCN(C(C)(C)C)S(C)(=O)=O)CC(=O)N(C)C)C(C)(C)C. The molecule has 0 fully saturated rings. The molecule has 0 heterocycles. The van der Waals surface area contributed by atoms with Crippen LogP contribution in [0.2, 0.25) is 0 Å². The molecule has 0 saturated heterocycles. The second-order valence-corrected chi connectivity index (χ2v) is 10.7. The number of sulfonamides is 1. The Balaban J connectivity index is 5.35. The van der Waals surface area contributed by atoms with Crippen molar-refractivity contribution in [2.24, 2.45) is 5.41 Å². The van der Waals surface area contributed by atoms with E-state index in [0.29, 0.717) is 13.1 Å². The summed E-state index contributed by atoms with van der Waals surface area (Å²) in [5, 5.41) is 0. The van der Waals surface area contributed by atoms with Crippen molar-refractivity contribution in [3.8, 4) is 0 Å². The minimum absolute atomic E-state index is 0.00968. The lowest BCUT2D eigenvalue weighted by atomic mass is 9.87. The first-order valence-electron chi connectivity index (χ1n) is 8.40. The highest BCUT2D eigenvalue weighted by Gasteiger charge is 2.32. The Labute approximate surface area is 149 Å². The Hall–Kier alpha value is -0.660. The fourth-order valence-corrected chi connectivity index (χ4v) is 3.90. The summed E-state index contributed by atoms with van der Waals surface area (Å²) in [7, 11) is 0.160. The van der Waals surface area contributed by atoms with Crippen LogP contribution in [-0.4, -0.2) is 80.0 Å². The Morgan fingerprint density at radius 2 is 1.46 bits per heavy atom. The summed E-state index contributed by atoms with van der Waals surface area (Å²) in [6.45, 7) is 15.3. The maximum Gasteiger partial charge on any atom is 0.236 e. The lowest BCUT2D eigenvalue weighted by molar-refractivity contribution is -0.131. The maximum absolute atomic E-state index is 12.2. The van der Waals surface area contributed by atoms with Gasteiger partial charge in [-0.15, -0.1) is 0 Å². The number of amides is 1. The first-order chi connectivity index (χ1) is 10.5. The van der Waals surface area contributed by atoms with Crippen molar-refractivity contribution >= 4 is 15.9 Å². The molecule has 0 aromatic rings. The molecule has 0 aliphatic rings. The molecule has 0 saturated carbocycles. The molecule has 1 atom stereocenters. The second-order valence-electron chi connectivity index (χ2n) is 8.81. The van der Waals surface area contributed by atoms with Crippen molar-refractivity contribution in [2.75, 3.05) is 40.0 Å². The first-order valence-corrected chi connectivity index (χ1v) is 10.2. The topological polar surface area (TPSA) is 60.9 Å². The predicted molar refractivity (Wildman–Crippen MR) is 100 cm³/mol. The summed E-state index contributed by atoms with van der Waals surface area (Å²) >= 11 is 0. The van der Waals surface area contributed by atoms with Gasteiger partial charge >= 0.3 is 0 Å². The molecule has 0 rings (SSSR count). The lowest BCUT2D eigenvalue weighted by Gasteiger charge is -2.40. The van der Waals surface area contributed by atoms with E-state index in [-0.39, 0.29) is 23.9 Å². The molecule has 1 amide bonds. The highest BCUT2D eigenvalue weighted by Crippen LogP contribution is 2.25. The Morgan fingerprint density at radius 1 is 1.00 bits per heavy atom. The molecule has 0 aliphatic carbocycles. The highest BCUT2D eigenvalue weighted by molar-refractivity contribution is 7.88. The van der Waals surface area contributed by atoms with Crippen molar-refractivity contribution in [1.29, 1.82) is 0 Å². The minimum atomic E-state index is -3.31. The van der Waals surface area contributed by atoms with Gasteiger partial charge in [0.15, 0.2) is 0 Å². The Bertz CT molecular complexity index is 516. The van der Waals surface area contributed by atoms with E-state index in [2.05, 4.69) is 32.6 Å². The Morgan fingerprint density at radius 3 is 1.75 bits per heavy atom. The molecular formula is C17H37N3O3S. The number of rotatable bonds is 7. The van der Waals surface area contributed by atoms with Gasteiger partial charge < -0.3 is 4.90 Å². The zero-order valence-electron chi connectivity index (χ0n) is 17.2. The number of carbonyl (C=O) groups is 1. The number of likely N-dealkylation sites (N-methyl/N-ethyl adjacent to an activating group) is 1. The third-order valence-electron chi connectivity index (χ3n) is 4.38. The summed E-state index contributed by atoms with van der Waals surface area (Å²) in [6, 6.07) is 0.141. The fraction of sp³-hybridized carbons (Fsp3) is 0.941. The lowest BCUT2D eigenvalue weighted by Crippen LogP contribution is -2.52. The van der Waals surface area contributed by atoms with Gasteiger partial charge in [-0.2, -0.15) is 4.31 Å². The summed E-state index contributed by atoms with van der Waals surface area (Å²) < 4.78 is 25.7. The third-order valence-corrected chi connectivity index (χ3v) is 5.91. The van der Waals surface area contributed by atoms with Crippen LogP contribution in [-0.2, 0) is 14.8 Å². The van der Waals surface area contributed by atoms with Gasteiger partial charge in [-0.05, 0) is 33.1 Å². The molecule has 0 aromatic heterocycles. The molecule has 0 aromatic carbocycles. The van der Waals surface area contributed by atoms with Crippen LogP contribution < -0.4 is 0 Å². The molecule has 6 nitrogen and oxygen atoms in total. The van der Waals surface area contributed by atoms with Gasteiger partial charge in [0, 0.05) is 38.8 Å². The maximum atomic E-state index is 12.2. The molecule has 0 aliphatic heterocycles. The Kier molecular flexibility index (Phi) is 7.92. The van der Waals surface area contributed by atoms with Crippen LogP contribution in [0.5, 0.6) is 0 Å². The summed E-state index contributed by atoms with van der Waals surface area (Å²) in [5.74, 6) is 0.0211. The van der Waals surface area contributed by atoms with Crippen LogP contribution in [0.4, 0.5) is 0 Å². The van der Waals surface area contributed by atoms with Gasteiger partial charge in [-0.3, -0.25) is 9.69 Å². The number of nitrogens with zero attached hydrogens (tertiary/aromatic N) is 3. The van der Waals surface area contributed by atoms with E-state index >= 15 is 0 Å². The molecule has 0 N–H and O–H groups in total. The smallest absolute Gasteiger partial charge is 0.236 e. The largest absolute Gasteiger partial charge is 0.348 e. The van der Waals surface area contributed by atoms with Crippen molar-refractivity contribution in [3.63, 3.8) is 0 Å². The molecule has 0 spiro atoms. The number of hydrogen-bond donors (Lipinski definition) is 0. The van der Waals surface area contributed by atoms with Gasteiger partial charge in [0.25, 0.3) is 0 Å². The summed E-state index contributed by atoms with van der Waals surface area (Å²) in [5.41, 5.74) is -0.500. The average molecular weight is 364 g/mol. The van der Waals surface area contributed by atoms with E-state index in [4.69, 9.17) is 0 Å². The second kappa shape index (κ2) is 8.15. The van der Waals surface area contributed by atoms with Gasteiger partial charge in [-0.1, -0.05) is 20.8 Å².